The molecule has 1 spiro atoms. The third-order valence-electron chi connectivity index (χ3n) is 9.74. The summed E-state index contributed by atoms with van der Waals surface area (Å²) < 4.78 is 74.0. The van der Waals surface area contributed by atoms with E-state index >= 15 is 0 Å². The fourth-order valence-electron chi connectivity index (χ4n) is 7.04. The summed E-state index contributed by atoms with van der Waals surface area (Å²) in [5, 5.41) is 7.93. The highest BCUT2D eigenvalue weighted by atomic mass is 32.2. The Balaban J connectivity index is 1.20. The van der Waals surface area contributed by atoms with E-state index in [-0.39, 0.29) is 29.2 Å². The predicted octanol–water partition coefficient (Wildman–Crippen LogP) is 4.17. The maximum absolute atomic E-state index is 14.1. The number of nitrogens with zero attached hydrogens (tertiary/aromatic N) is 4. The highest BCUT2D eigenvalue weighted by Gasteiger charge is 2.44. The number of aryl methyl sites for hydroxylation is 1. The van der Waals surface area contributed by atoms with Gasteiger partial charge in [-0.2, -0.15) is 18.3 Å². The lowest BCUT2D eigenvalue weighted by Gasteiger charge is -2.37. The van der Waals surface area contributed by atoms with Gasteiger partial charge in [0.15, 0.2) is 0 Å². The van der Waals surface area contributed by atoms with Crippen molar-refractivity contribution in [1.82, 2.24) is 29.0 Å². The van der Waals surface area contributed by atoms with Gasteiger partial charge in [0.2, 0.25) is 5.91 Å². The van der Waals surface area contributed by atoms with Gasteiger partial charge < -0.3 is 10.2 Å². The van der Waals surface area contributed by atoms with Crippen molar-refractivity contribution < 1.29 is 26.4 Å². The largest absolute Gasteiger partial charge is 0.416 e. The molecule has 2 unspecified atom stereocenters. The van der Waals surface area contributed by atoms with E-state index in [0.717, 1.165) is 74.7 Å². The first-order valence-electron chi connectivity index (χ1n) is 16.1. The van der Waals surface area contributed by atoms with E-state index in [9.17, 15) is 26.4 Å². The Morgan fingerprint density at radius 2 is 1.79 bits per heavy atom. The van der Waals surface area contributed by atoms with Crippen molar-refractivity contribution in [2.24, 2.45) is 5.41 Å². The number of rotatable bonds is 11. The number of likely N-dealkylation sites (tertiary alicyclic amines) is 1. The molecule has 0 saturated carbocycles. The third kappa shape index (κ3) is 7.72. The van der Waals surface area contributed by atoms with Gasteiger partial charge in [-0.15, -0.1) is 0 Å². The van der Waals surface area contributed by atoms with Gasteiger partial charge in [-0.05, 0) is 68.6 Å². The third-order valence-corrected chi connectivity index (χ3v) is 11.8. The zero-order valence-corrected chi connectivity index (χ0v) is 28.1. The number of hydrogen-bond acceptors (Lipinski definition) is 5. The fraction of sp³-hybridized carbons (Fsp3) is 0.515. The van der Waals surface area contributed by atoms with Crippen LogP contribution in [0.2, 0.25) is 0 Å². The van der Waals surface area contributed by atoms with E-state index in [1.165, 1.54) is 12.1 Å². The SMILES string of the molecule is CS(=O)N1CCc2c(c(-c3ccc(C(F)(F)F)c(CNS(=O)Cc4ccccc4)c3)nn2CCCN2CCC3(CCNC3=O)CC2)C1. The molecule has 2 atom stereocenters. The Labute approximate surface area is 278 Å². The number of halogens is 3. The van der Waals surface area contributed by atoms with Gasteiger partial charge in [-0.25, -0.2) is 17.4 Å². The molecule has 3 aromatic rings. The van der Waals surface area contributed by atoms with Crippen molar-refractivity contribution in [2.75, 3.05) is 39.0 Å². The molecule has 1 amide bonds. The summed E-state index contributed by atoms with van der Waals surface area (Å²) in [5.41, 5.74) is 2.85. The van der Waals surface area contributed by atoms with E-state index in [0.29, 0.717) is 37.3 Å². The summed E-state index contributed by atoms with van der Waals surface area (Å²) in [7, 11) is -2.78. The molecule has 3 aliphatic rings. The molecule has 254 valence electrons. The van der Waals surface area contributed by atoms with Crippen molar-refractivity contribution in [3.8, 4) is 11.3 Å². The quantitative estimate of drug-likeness (QED) is 0.315. The number of carbonyl (C=O) groups excluding carboxylic acids is 1. The zero-order valence-electron chi connectivity index (χ0n) is 26.5. The van der Waals surface area contributed by atoms with E-state index in [2.05, 4.69) is 14.9 Å². The Kier molecular flexibility index (Phi) is 10.3. The summed E-state index contributed by atoms with van der Waals surface area (Å²) in [5.74, 6) is 0.370. The summed E-state index contributed by atoms with van der Waals surface area (Å²) in [6, 6.07) is 13.2. The molecular formula is C33H41F3N6O3S2. The Bertz CT molecular complexity index is 1640. The van der Waals surface area contributed by atoms with Gasteiger partial charge in [-0.1, -0.05) is 36.4 Å². The fourth-order valence-corrected chi connectivity index (χ4v) is 8.62. The molecular weight excluding hydrogens is 650 g/mol. The van der Waals surface area contributed by atoms with Crippen LogP contribution < -0.4 is 10.0 Å². The number of hydrogen-bond donors (Lipinski definition) is 2. The van der Waals surface area contributed by atoms with Crippen molar-refractivity contribution in [3.05, 3.63) is 76.5 Å². The molecule has 6 rings (SSSR count). The number of alkyl halides is 3. The summed E-state index contributed by atoms with van der Waals surface area (Å²) in [4.78, 5) is 14.8. The van der Waals surface area contributed by atoms with Crippen molar-refractivity contribution >= 4 is 27.9 Å². The molecule has 3 aliphatic heterocycles. The molecule has 0 radical (unpaired) electrons. The molecule has 2 fully saturated rings. The maximum Gasteiger partial charge on any atom is 0.416 e. The van der Waals surface area contributed by atoms with E-state index < -0.39 is 33.7 Å². The number of piperidine rings is 1. The molecule has 1 aromatic heterocycles. The Hall–Kier alpha value is -2.91. The van der Waals surface area contributed by atoms with Crippen LogP contribution in [0.1, 0.15) is 53.6 Å². The smallest absolute Gasteiger partial charge is 0.356 e. The monoisotopic (exact) mass is 690 g/mol. The van der Waals surface area contributed by atoms with Gasteiger partial charge in [0, 0.05) is 62.2 Å². The Morgan fingerprint density at radius 3 is 2.47 bits per heavy atom. The summed E-state index contributed by atoms with van der Waals surface area (Å²) in [6.07, 6.45) is 1.17. The van der Waals surface area contributed by atoms with Crippen LogP contribution in [0.3, 0.4) is 0 Å². The van der Waals surface area contributed by atoms with Crippen LogP contribution in [-0.4, -0.2) is 72.3 Å². The summed E-state index contributed by atoms with van der Waals surface area (Å²) >= 11 is 0. The zero-order chi connectivity index (χ0) is 33.2. The molecule has 47 heavy (non-hydrogen) atoms. The minimum atomic E-state index is -4.58. The number of nitrogens with one attached hydrogen (secondary N) is 2. The average Bonchev–Trinajstić information content (AvgIpc) is 3.60. The first kappa shape index (κ1) is 34.0. The number of fused-ring (bicyclic) bond motifs is 1. The van der Waals surface area contributed by atoms with E-state index in [4.69, 9.17) is 5.10 Å². The van der Waals surface area contributed by atoms with Gasteiger partial charge in [0.25, 0.3) is 0 Å². The van der Waals surface area contributed by atoms with Crippen LogP contribution in [0.5, 0.6) is 0 Å². The Morgan fingerprint density at radius 1 is 1.02 bits per heavy atom. The summed E-state index contributed by atoms with van der Waals surface area (Å²) in [6.45, 7) is 4.80. The van der Waals surface area contributed by atoms with Crippen LogP contribution in [0.4, 0.5) is 13.2 Å². The highest BCUT2D eigenvalue weighted by Crippen LogP contribution is 2.39. The number of carbonyl (C=O) groups is 1. The first-order valence-corrected chi connectivity index (χ1v) is 18.9. The van der Waals surface area contributed by atoms with Gasteiger partial charge in [-0.3, -0.25) is 9.48 Å². The lowest BCUT2D eigenvalue weighted by molar-refractivity contribution is -0.138. The second kappa shape index (κ2) is 14.3. The first-order chi connectivity index (χ1) is 22.5. The number of benzene rings is 2. The molecule has 2 N–H and O–H groups in total. The molecule has 2 aromatic carbocycles. The van der Waals surface area contributed by atoms with Crippen molar-refractivity contribution in [3.63, 3.8) is 0 Å². The molecule has 2 saturated heterocycles. The molecule has 0 bridgehead atoms. The van der Waals surface area contributed by atoms with Crippen LogP contribution >= 0.6 is 0 Å². The second-order valence-electron chi connectivity index (χ2n) is 12.7. The standard InChI is InChI=1S/C33H41F3N6O3S2/c1-46(44)41-17-10-29-27(22-41)30(39-42(29)16-5-15-40-18-12-32(13-19-40)11-14-37-31(32)43)25-8-9-28(33(34,35)36)26(20-25)21-38-47(45)23-24-6-3-2-4-7-24/h2-4,6-9,20,38H,5,10-19,21-23H2,1H3,(H,37,43). The lowest BCUT2D eigenvalue weighted by Crippen LogP contribution is -2.44. The minimum absolute atomic E-state index is 0.00902. The lowest BCUT2D eigenvalue weighted by atomic mass is 9.77. The molecule has 9 nitrogen and oxygen atoms in total. The van der Waals surface area contributed by atoms with Gasteiger partial charge in [0.05, 0.1) is 44.4 Å². The minimum Gasteiger partial charge on any atom is -0.356 e. The average molecular weight is 691 g/mol. The molecule has 14 heteroatoms. The van der Waals surface area contributed by atoms with E-state index in [1.807, 2.05) is 39.3 Å². The van der Waals surface area contributed by atoms with Crippen LogP contribution in [0.15, 0.2) is 48.5 Å². The van der Waals surface area contributed by atoms with Gasteiger partial charge in [0.1, 0.15) is 0 Å². The number of aromatic nitrogens is 2. The van der Waals surface area contributed by atoms with E-state index in [1.54, 1.807) is 6.26 Å². The molecule has 0 aliphatic carbocycles. The van der Waals surface area contributed by atoms with Crippen molar-refractivity contribution in [1.29, 1.82) is 0 Å². The van der Waals surface area contributed by atoms with Crippen molar-refractivity contribution in [2.45, 2.75) is 63.7 Å². The molecule has 4 heterocycles. The predicted molar refractivity (Wildman–Crippen MR) is 176 cm³/mol. The normalized spacial score (nSPS) is 19.9. The highest BCUT2D eigenvalue weighted by molar-refractivity contribution is 7.82. The number of amides is 1. The van der Waals surface area contributed by atoms with Crippen LogP contribution in [0.25, 0.3) is 11.3 Å². The van der Waals surface area contributed by atoms with Crippen LogP contribution in [-0.2, 0) is 64.7 Å². The van der Waals surface area contributed by atoms with Crippen LogP contribution in [0, 0.1) is 5.41 Å². The maximum atomic E-state index is 14.1. The topological polar surface area (TPSA) is 99.6 Å². The van der Waals surface area contributed by atoms with Gasteiger partial charge >= 0.3 is 6.18 Å². The second-order valence-corrected chi connectivity index (χ2v) is 15.3.